The molecule has 0 aromatic heterocycles. The SMILES string of the molecule is C=CCc1c(F)c(C(=O)CCC(=O)OCC)c(F)c(F)c1OS(C)(=O)=O. The summed E-state index contributed by atoms with van der Waals surface area (Å²) in [7, 11) is -4.29. The molecule has 1 aromatic carbocycles. The molecule has 10 heteroatoms. The smallest absolute Gasteiger partial charge is 0.306 e. The lowest BCUT2D eigenvalue weighted by atomic mass is 9.99. The molecule has 0 aliphatic rings. The van der Waals surface area contributed by atoms with Gasteiger partial charge >= 0.3 is 16.1 Å². The van der Waals surface area contributed by atoms with Crippen molar-refractivity contribution in [3.8, 4) is 5.75 Å². The Labute approximate surface area is 148 Å². The highest BCUT2D eigenvalue weighted by Gasteiger charge is 2.31. The van der Waals surface area contributed by atoms with Gasteiger partial charge in [0, 0.05) is 12.0 Å². The van der Waals surface area contributed by atoms with Crippen LogP contribution in [0.25, 0.3) is 0 Å². The number of carbonyl (C=O) groups excluding carboxylic acids is 2. The van der Waals surface area contributed by atoms with Crippen LogP contribution in [0.4, 0.5) is 13.2 Å². The predicted molar refractivity (Wildman–Crippen MR) is 85.9 cm³/mol. The van der Waals surface area contributed by atoms with E-state index in [9.17, 15) is 31.2 Å². The van der Waals surface area contributed by atoms with Gasteiger partial charge in [-0.3, -0.25) is 9.59 Å². The second-order valence-electron chi connectivity index (χ2n) is 5.13. The number of benzene rings is 1. The molecule has 0 radical (unpaired) electrons. The molecule has 0 bridgehead atoms. The van der Waals surface area contributed by atoms with E-state index in [1.165, 1.54) is 6.92 Å². The third-order valence-corrected chi connectivity index (χ3v) is 3.56. The van der Waals surface area contributed by atoms with Gasteiger partial charge in [-0.15, -0.1) is 6.58 Å². The van der Waals surface area contributed by atoms with Crippen LogP contribution < -0.4 is 4.18 Å². The highest BCUT2D eigenvalue weighted by atomic mass is 32.2. The summed E-state index contributed by atoms with van der Waals surface area (Å²) >= 11 is 0. The largest absolute Gasteiger partial charge is 0.466 e. The maximum atomic E-state index is 14.6. The van der Waals surface area contributed by atoms with Crippen molar-refractivity contribution in [3.63, 3.8) is 0 Å². The first-order valence-electron chi connectivity index (χ1n) is 7.41. The van der Waals surface area contributed by atoms with Gasteiger partial charge in [0.05, 0.1) is 24.8 Å². The fraction of sp³-hybridized carbons (Fsp3) is 0.375. The zero-order valence-electron chi connectivity index (χ0n) is 14.1. The van der Waals surface area contributed by atoms with E-state index >= 15 is 0 Å². The van der Waals surface area contributed by atoms with Crippen LogP contribution in [0.2, 0.25) is 0 Å². The van der Waals surface area contributed by atoms with Gasteiger partial charge in [0.2, 0.25) is 5.82 Å². The van der Waals surface area contributed by atoms with Crippen LogP contribution in [-0.4, -0.2) is 33.0 Å². The summed E-state index contributed by atoms with van der Waals surface area (Å²) in [6.07, 6.45) is 0.166. The Morgan fingerprint density at radius 1 is 1.12 bits per heavy atom. The number of carbonyl (C=O) groups is 2. The Kier molecular flexibility index (Phi) is 7.37. The van der Waals surface area contributed by atoms with Crippen molar-refractivity contribution in [1.82, 2.24) is 0 Å². The molecule has 0 N–H and O–H groups in total. The van der Waals surface area contributed by atoms with E-state index < -0.39 is 75.5 Å². The number of ketones is 1. The number of Topliss-reactive ketones (excluding diaryl/α,β-unsaturated/α-hetero) is 1. The predicted octanol–water partition coefficient (Wildman–Crippen LogP) is 2.70. The average Bonchev–Trinajstić information content (AvgIpc) is 2.53. The molecule has 26 heavy (non-hydrogen) atoms. The van der Waals surface area contributed by atoms with Crippen molar-refractivity contribution < 1.29 is 40.1 Å². The standard InChI is InChI=1S/C16H17F3O6S/c1-4-6-9-13(17)12(10(20)7-8-11(21)24-5-2)14(18)15(19)16(9)25-26(3,22)23/h4H,1,5-8H2,2-3H3. The van der Waals surface area contributed by atoms with Gasteiger partial charge in [-0.25, -0.2) is 8.78 Å². The molecule has 0 saturated heterocycles. The van der Waals surface area contributed by atoms with E-state index in [1.54, 1.807) is 0 Å². The summed E-state index contributed by atoms with van der Waals surface area (Å²) in [5.74, 6) is -8.31. The van der Waals surface area contributed by atoms with Crippen LogP contribution in [0, 0.1) is 17.5 Å². The number of hydrogen-bond donors (Lipinski definition) is 0. The van der Waals surface area contributed by atoms with E-state index in [0.717, 1.165) is 6.08 Å². The second kappa shape index (κ2) is 8.84. The minimum atomic E-state index is -4.29. The molecule has 0 aliphatic heterocycles. The Balaban J connectivity index is 3.39. The molecule has 144 valence electrons. The topological polar surface area (TPSA) is 86.7 Å². The molecule has 0 saturated carbocycles. The summed E-state index contributed by atoms with van der Waals surface area (Å²) in [6.45, 7) is 4.91. The van der Waals surface area contributed by atoms with Crippen LogP contribution >= 0.6 is 0 Å². The number of rotatable bonds is 9. The first-order chi connectivity index (χ1) is 12.0. The van der Waals surface area contributed by atoms with E-state index in [2.05, 4.69) is 15.5 Å². The van der Waals surface area contributed by atoms with E-state index in [0.29, 0.717) is 6.26 Å². The monoisotopic (exact) mass is 394 g/mol. The van der Waals surface area contributed by atoms with E-state index in [-0.39, 0.29) is 6.61 Å². The normalized spacial score (nSPS) is 11.1. The van der Waals surface area contributed by atoms with Gasteiger partial charge in [0.25, 0.3) is 0 Å². The fourth-order valence-corrected chi connectivity index (χ4v) is 2.55. The molecule has 1 aromatic rings. The Morgan fingerprint density at radius 2 is 1.73 bits per heavy atom. The molecule has 1 rings (SSSR count). The molecular formula is C16H17F3O6S. The Morgan fingerprint density at radius 3 is 2.23 bits per heavy atom. The zero-order chi connectivity index (χ0) is 20.1. The fourth-order valence-electron chi connectivity index (χ4n) is 2.07. The van der Waals surface area contributed by atoms with Crippen LogP contribution in [0.15, 0.2) is 12.7 Å². The average molecular weight is 394 g/mol. The zero-order valence-corrected chi connectivity index (χ0v) is 14.9. The Hall–Kier alpha value is -2.36. The van der Waals surface area contributed by atoms with Gasteiger partial charge in [-0.05, 0) is 13.3 Å². The molecule has 6 nitrogen and oxygen atoms in total. The third-order valence-electron chi connectivity index (χ3n) is 3.09. The number of allylic oxidation sites excluding steroid dienone is 1. The van der Waals surface area contributed by atoms with Crippen LogP contribution in [0.5, 0.6) is 5.75 Å². The summed E-state index contributed by atoms with van der Waals surface area (Å²) in [6, 6.07) is 0. The van der Waals surface area contributed by atoms with Crippen molar-refractivity contribution in [2.24, 2.45) is 0 Å². The number of halogens is 3. The van der Waals surface area contributed by atoms with Gasteiger partial charge in [0.1, 0.15) is 5.82 Å². The highest BCUT2D eigenvalue weighted by Crippen LogP contribution is 2.33. The second-order valence-corrected chi connectivity index (χ2v) is 6.71. The van der Waals surface area contributed by atoms with Gasteiger partial charge in [-0.1, -0.05) is 6.08 Å². The molecule has 0 spiro atoms. The van der Waals surface area contributed by atoms with E-state index in [1.807, 2.05) is 0 Å². The van der Waals surface area contributed by atoms with E-state index in [4.69, 9.17) is 0 Å². The van der Waals surface area contributed by atoms with Crippen molar-refractivity contribution in [2.45, 2.75) is 26.2 Å². The molecule has 0 unspecified atom stereocenters. The molecule has 0 atom stereocenters. The first kappa shape index (κ1) is 21.7. The molecule has 0 heterocycles. The quantitative estimate of drug-likeness (QED) is 0.210. The summed E-state index contributed by atoms with van der Waals surface area (Å²) in [5, 5.41) is 0. The number of hydrogen-bond acceptors (Lipinski definition) is 6. The van der Waals surface area contributed by atoms with Crippen LogP contribution in [0.1, 0.15) is 35.7 Å². The molecule has 0 amide bonds. The lowest BCUT2D eigenvalue weighted by Crippen LogP contribution is -2.17. The first-order valence-corrected chi connectivity index (χ1v) is 9.23. The summed E-state index contributed by atoms with van der Waals surface area (Å²) in [4.78, 5) is 23.3. The molecule has 0 fully saturated rings. The minimum absolute atomic E-state index is 0.0609. The molecular weight excluding hydrogens is 377 g/mol. The van der Waals surface area contributed by atoms with Gasteiger partial charge in [0.15, 0.2) is 17.3 Å². The van der Waals surface area contributed by atoms with Crippen molar-refractivity contribution >= 4 is 21.9 Å². The Bertz CT molecular complexity index is 833. The lowest BCUT2D eigenvalue weighted by Gasteiger charge is -2.14. The maximum absolute atomic E-state index is 14.6. The van der Waals surface area contributed by atoms with Crippen molar-refractivity contribution in [2.75, 3.05) is 12.9 Å². The summed E-state index contributed by atoms with van der Waals surface area (Å²) in [5.41, 5.74) is -1.90. The highest BCUT2D eigenvalue weighted by molar-refractivity contribution is 7.86. The minimum Gasteiger partial charge on any atom is -0.466 e. The third kappa shape index (κ3) is 5.32. The van der Waals surface area contributed by atoms with Gasteiger partial charge < -0.3 is 8.92 Å². The number of esters is 1. The van der Waals surface area contributed by atoms with Crippen molar-refractivity contribution in [3.05, 3.63) is 41.2 Å². The summed E-state index contributed by atoms with van der Waals surface area (Å²) < 4.78 is 74.4. The van der Waals surface area contributed by atoms with Gasteiger partial charge in [-0.2, -0.15) is 12.8 Å². The van der Waals surface area contributed by atoms with Crippen LogP contribution in [0.3, 0.4) is 0 Å². The lowest BCUT2D eigenvalue weighted by molar-refractivity contribution is -0.143. The van der Waals surface area contributed by atoms with Crippen LogP contribution in [-0.2, 0) is 26.1 Å². The maximum Gasteiger partial charge on any atom is 0.306 e. The molecule has 0 aliphatic carbocycles. The number of ether oxygens (including phenoxy) is 1. The van der Waals surface area contributed by atoms with Crippen molar-refractivity contribution in [1.29, 1.82) is 0 Å².